The third-order valence-electron chi connectivity index (χ3n) is 1.96. The van der Waals surface area contributed by atoms with Crippen molar-refractivity contribution in [2.24, 2.45) is 0 Å². The van der Waals surface area contributed by atoms with Crippen LogP contribution in [0.2, 0.25) is 0 Å². The van der Waals surface area contributed by atoms with Gasteiger partial charge in [0.1, 0.15) is 5.82 Å². The molecule has 0 heterocycles. The number of hydrogen-bond acceptors (Lipinski definition) is 0. The monoisotopic (exact) mass is 174 g/mol. The van der Waals surface area contributed by atoms with Crippen LogP contribution in [-0.4, -0.2) is 0 Å². The molecule has 0 saturated heterocycles. The zero-order valence-electron chi connectivity index (χ0n) is 6.79. The molecule has 0 aliphatic rings. The molecule has 0 amide bonds. The fourth-order valence-corrected chi connectivity index (χ4v) is 1.34. The maximum absolute atomic E-state index is 12.8. The van der Waals surface area contributed by atoms with Gasteiger partial charge in [0.15, 0.2) is 0 Å². The van der Waals surface area contributed by atoms with Gasteiger partial charge in [-0.25, -0.2) is 4.39 Å². The Labute approximate surface area is 74.5 Å². The Morgan fingerprint density at radius 1 is 1.15 bits per heavy atom. The highest BCUT2D eigenvalue weighted by molar-refractivity contribution is 5.90. The van der Waals surface area contributed by atoms with Crippen molar-refractivity contribution >= 4 is 16.5 Å². The van der Waals surface area contributed by atoms with Crippen LogP contribution in [0.3, 0.4) is 0 Å². The van der Waals surface area contributed by atoms with E-state index in [1.54, 1.807) is 18.2 Å². The number of fused-ring (bicyclic) bond motifs is 1. The van der Waals surface area contributed by atoms with Crippen molar-refractivity contribution in [1.29, 1.82) is 0 Å². The number of rotatable bonds is 1. The third-order valence-corrected chi connectivity index (χ3v) is 1.96. The summed E-state index contributed by atoms with van der Waals surface area (Å²) < 4.78 is 12.8. The summed E-state index contributed by atoms with van der Waals surface area (Å²) in [4.78, 5) is 0. The maximum atomic E-state index is 12.8. The van der Waals surface area contributed by atoms with Gasteiger partial charge < -0.3 is 5.53 Å². The van der Waals surface area contributed by atoms with Crippen LogP contribution in [-0.2, 0) is 0 Å². The SMILES string of the molecule is [N-]=[NH+]c1cccc2ccc(F)cc12. The third kappa shape index (κ3) is 1.28. The average Bonchev–Trinajstić information content (AvgIpc) is 2.17. The van der Waals surface area contributed by atoms with E-state index in [4.69, 9.17) is 5.53 Å². The zero-order chi connectivity index (χ0) is 9.26. The van der Waals surface area contributed by atoms with E-state index >= 15 is 0 Å². The van der Waals surface area contributed by atoms with Crippen molar-refractivity contribution in [3.63, 3.8) is 0 Å². The minimum Gasteiger partial charge on any atom is -0.502 e. The molecule has 0 aliphatic carbocycles. The predicted molar refractivity (Wildman–Crippen MR) is 47.9 cm³/mol. The molecule has 2 rings (SSSR count). The molecule has 0 unspecified atom stereocenters. The molecule has 2 aromatic rings. The molecule has 2 nitrogen and oxygen atoms in total. The van der Waals surface area contributed by atoms with Crippen molar-refractivity contribution in [3.05, 3.63) is 47.7 Å². The minimum atomic E-state index is -0.310. The summed E-state index contributed by atoms with van der Waals surface area (Å²) in [7, 11) is 0. The summed E-state index contributed by atoms with van der Waals surface area (Å²) in [5.74, 6) is -0.310. The molecular weight excluding hydrogens is 167 g/mol. The normalized spacial score (nSPS) is 10.2. The molecule has 64 valence electrons. The topological polar surface area (TPSA) is 36.3 Å². The van der Waals surface area contributed by atoms with Gasteiger partial charge in [0.2, 0.25) is 5.69 Å². The summed E-state index contributed by atoms with van der Waals surface area (Å²) in [5, 5.41) is 3.59. The second-order valence-electron chi connectivity index (χ2n) is 2.78. The van der Waals surface area contributed by atoms with E-state index in [9.17, 15) is 4.39 Å². The number of hydrogen-bond donors (Lipinski definition) is 1. The lowest BCUT2D eigenvalue weighted by Crippen LogP contribution is -2.54. The van der Waals surface area contributed by atoms with Crippen LogP contribution in [0.4, 0.5) is 10.1 Å². The maximum Gasteiger partial charge on any atom is 0.200 e. The summed E-state index contributed by atoms with van der Waals surface area (Å²) >= 11 is 0. The van der Waals surface area contributed by atoms with Crippen LogP contribution >= 0.6 is 0 Å². The Hall–Kier alpha value is -1.77. The highest BCUT2D eigenvalue weighted by atomic mass is 19.1. The second kappa shape index (κ2) is 2.94. The van der Waals surface area contributed by atoms with Crippen LogP contribution in [0.1, 0.15) is 0 Å². The fraction of sp³-hybridized carbons (Fsp3) is 0. The highest BCUT2D eigenvalue weighted by Gasteiger charge is 2.02. The van der Waals surface area contributed by atoms with Gasteiger partial charge >= 0.3 is 0 Å². The lowest BCUT2D eigenvalue weighted by Gasteiger charge is -1.98. The van der Waals surface area contributed by atoms with E-state index in [0.29, 0.717) is 11.1 Å². The van der Waals surface area contributed by atoms with E-state index in [1.807, 2.05) is 11.2 Å². The van der Waals surface area contributed by atoms with Crippen molar-refractivity contribution < 1.29 is 9.50 Å². The van der Waals surface area contributed by atoms with Gasteiger partial charge in [-0.3, -0.25) is 5.11 Å². The molecule has 0 aromatic heterocycles. The summed E-state index contributed by atoms with van der Waals surface area (Å²) in [6.45, 7) is 0. The molecular formula is C10H7FN2. The number of nitrogens with zero attached hydrogens (tertiary/aromatic N) is 1. The van der Waals surface area contributed by atoms with E-state index in [-0.39, 0.29) is 5.82 Å². The molecule has 0 radical (unpaired) electrons. The van der Waals surface area contributed by atoms with Crippen molar-refractivity contribution in [2.45, 2.75) is 0 Å². The molecule has 0 spiro atoms. The van der Waals surface area contributed by atoms with Gasteiger partial charge in [-0.2, -0.15) is 0 Å². The molecule has 0 saturated carbocycles. The van der Waals surface area contributed by atoms with Gasteiger partial charge in [-0.15, -0.1) is 0 Å². The summed E-state index contributed by atoms with van der Waals surface area (Å²) in [5.41, 5.74) is 9.27. The van der Waals surface area contributed by atoms with E-state index in [0.717, 1.165) is 5.39 Å². The lowest BCUT2D eigenvalue weighted by molar-refractivity contribution is -0.377. The number of halogens is 1. The van der Waals surface area contributed by atoms with Crippen molar-refractivity contribution in [2.75, 3.05) is 0 Å². The second-order valence-corrected chi connectivity index (χ2v) is 2.78. The quantitative estimate of drug-likeness (QED) is 0.639. The van der Waals surface area contributed by atoms with Gasteiger partial charge in [-0.05, 0) is 17.5 Å². The van der Waals surface area contributed by atoms with Gasteiger partial charge in [0.25, 0.3) is 0 Å². The zero-order valence-corrected chi connectivity index (χ0v) is 6.79. The molecule has 2 aromatic carbocycles. The Morgan fingerprint density at radius 2 is 2.00 bits per heavy atom. The molecule has 0 aliphatic heterocycles. The van der Waals surface area contributed by atoms with Crippen molar-refractivity contribution in [1.82, 2.24) is 0 Å². The van der Waals surface area contributed by atoms with Crippen LogP contribution in [0.25, 0.3) is 16.3 Å². The Balaban J connectivity index is 2.86. The van der Waals surface area contributed by atoms with E-state index < -0.39 is 0 Å². The largest absolute Gasteiger partial charge is 0.502 e. The van der Waals surface area contributed by atoms with Gasteiger partial charge in [0, 0.05) is 6.07 Å². The average molecular weight is 174 g/mol. The van der Waals surface area contributed by atoms with Gasteiger partial charge in [-0.1, -0.05) is 18.2 Å². The Kier molecular flexibility index (Phi) is 1.77. The minimum absolute atomic E-state index is 0.310. The standard InChI is InChI=1S/C10H7FN2/c11-8-5-4-7-2-1-3-10(13-12)9(7)6-8/h1-6,13H. The first-order chi connectivity index (χ1) is 6.31. The van der Waals surface area contributed by atoms with Crippen LogP contribution in [0.5, 0.6) is 0 Å². The molecule has 1 N–H and O–H groups in total. The molecule has 0 fully saturated rings. The van der Waals surface area contributed by atoms with Crippen molar-refractivity contribution in [3.8, 4) is 0 Å². The molecule has 3 heteroatoms. The number of nitrogens with one attached hydrogen (secondary N) is 1. The Morgan fingerprint density at radius 3 is 2.77 bits per heavy atom. The number of benzene rings is 2. The highest BCUT2D eigenvalue weighted by Crippen LogP contribution is 2.20. The summed E-state index contributed by atoms with van der Waals surface area (Å²) in [6, 6.07) is 9.78. The predicted octanol–water partition coefficient (Wildman–Crippen LogP) is 1.71. The first kappa shape index (κ1) is 7.86. The van der Waals surface area contributed by atoms with Crippen LogP contribution in [0.15, 0.2) is 36.4 Å². The summed E-state index contributed by atoms with van der Waals surface area (Å²) in [6.07, 6.45) is 0. The Bertz CT molecular complexity index is 465. The molecule has 0 bridgehead atoms. The van der Waals surface area contributed by atoms with E-state index in [2.05, 4.69) is 0 Å². The lowest BCUT2D eigenvalue weighted by atomic mass is 10.1. The first-order valence-electron chi connectivity index (χ1n) is 3.89. The van der Waals surface area contributed by atoms with Crippen LogP contribution < -0.4 is 5.11 Å². The van der Waals surface area contributed by atoms with Crippen LogP contribution in [0, 0.1) is 5.82 Å². The fourth-order valence-electron chi connectivity index (χ4n) is 1.34. The van der Waals surface area contributed by atoms with Gasteiger partial charge in [0.05, 0.1) is 5.39 Å². The molecule has 0 atom stereocenters. The van der Waals surface area contributed by atoms with E-state index in [1.165, 1.54) is 12.1 Å². The first-order valence-corrected chi connectivity index (χ1v) is 3.89. The molecule has 13 heavy (non-hydrogen) atoms. The smallest absolute Gasteiger partial charge is 0.200 e.